The summed E-state index contributed by atoms with van der Waals surface area (Å²) in [6.45, 7) is 0.126. The maximum atomic E-state index is 14.8. The lowest BCUT2D eigenvalue weighted by Gasteiger charge is -2.41. The van der Waals surface area contributed by atoms with Crippen LogP contribution in [0.15, 0.2) is 30.7 Å². The van der Waals surface area contributed by atoms with E-state index in [2.05, 4.69) is 9.97 Å². The molecular formula is C28H29F6N5O4. The molecule has 2 aliphatic heterocycles. The number of aliphatic hydroxyl groups is 1. The highest BCUT2D eigenvalue weighted by molar-refractivity contribution is 6.02. The fraction of sp³-hybridized carbons (Fsp3) is 0.500. The summed E-state index contributed by atoms with van der Waals surface area (Å²) in [4.78, 5) is 34.6. The quantitative estimate of drug-likeness (QED) is 0.389. The minimum atomic E-state index is -5.39. The van der Waals surface area contributed by atoms with Crippen LogP contribution in [0.25, 0.3) is 10.9 Å². The Hall–Kier alpha value is -3.88. The summed E-state index contributed by atoms with van der Waals surface area (Å²) < 4.78 is 88.5. The lowest BCUT2D eigenvalue weighted by atomic mass is 9.73. The molecule has 2 fully saturated rings. The van der Waals surface area contributed by atoms with E-state index < -0.39 is 63.6 Å². The Morgan fingerprint density at radius 2 is 1.58 bits per heavy atom. The van der Waals surface area contributed by atoms with Gasteiger partial charge >= 0.3 is 18.4 Å². The number of halogens is 6. The molecule has 1 atom stereocenters. The molecule has 0 aliphatic carbocycles. The number of rotatable bonds is 4. The second-order valence-corrected chi connectivity index (χ2v) is 11.0. The van der Waals surface area contributed by atoms with Gasteiger partial charge in [-0.2, -0.15) is 26.3 Å². The first-order valence-electron chi connectivity index (χ1n) is 13.7. The number of carboxylic acid groups (broad SMARTS) is 1. The predicted molar refractivity (Wildman–Crippen MR) is 140 cm³/mol. The fourth-order valence-electron chi connectivity index (χ4n) is 6.27. The Morgan fingerprint density at radius 3 is 2.12 bits per heavy atom. The van der Waals surface area contributed by atoms with Crippen molar-refractivity contribution in [3.05, 3.63) is 58.8 Å². The molecule has 2 aromatic heterocycles. The molecule has 1 aromatic carbocycles. The summed E-state index contributed by atoms with van der Waals surface area (Å²) in [6.07, 6.45) is -7.34. The number of likely N-dealkylation sites (tertiary alicyclic amines) is 2. The zero-order chi connectivity index (χ0) is 31.3. The molecule has 0 radical (unpaired) electrons. The SMILES string of the molecule is Cn1cncc1C(O)(c1ccc2nc(C(F)(F)F)c(C(=O)N3CCCCC3)c(C(F)(F)F)c2c1)C1CCN(C(=O)O)CC1. The van der Waals surface area contributed by atoms with Crippen molar-refractivity contribution in [2.45, 2.75) is 50.1 Å². The van der Waals surface area contributed by atoms with Gasteiger partial charge in [0.05, 0.1) is 34.9 Å². The first kappa shape index (κ1) is 30.6. The molecule has 15 heteroatoms. The number of amides is 2. The largest absolute Gasteiger partial charge is 0.465 e. The number of carbonyl (C=O) groups excluding carboxylic acids is 1. The van der Waals surface area contributed by atoms with E-state index in [0.717, 1.165) is 21.9 Å². The van der Waals surface area contributed by atoms with Gasteiger partial charge in [0.25, 0.3) is 5.91 Å². The number of benzene rings is 1. The molecule has 2 N–H and O–H groups in total. The van der Waals surface area contributed by atoms with Gasteiger partial charge < -0.3 is 24.6 Å². The third-order valence-electron chi connectivity index (χ3n) is 8.40. The van der Waals surface area contributed by atoms with Crippen molar-refractivity contribution in [3.63, 3.8) is 0 Å². The van der Waals surface area contributed by atoms with Crippen LogP contribution in [0, 0.1) is 5.92 Å². The minimum absolute atomic E-state index is 0.0147. The van der Waals surface area contributed by atoms with Gasteiger partial charge in [0.1, 0.15) is 5.60 Å². The zero-order valence-electron chi connectivity index (χ0n) is 23.0. The maximum Gasteiger partial charge on any atom is 0.434 e. The van der Waals surface area contributed by atoms with E-state index in [1.165, 1.54) is 23.2 Å². The van der Waals surface area contributed by atoms with Crippen molar-refractivity contribution >= 4 is 22.9 Å². The number of aryl methyl sites for hydroxylation is 1. The molecule has 43 heavy (non-hydrogen) atoms. The average molecular weight is 614 g/mol. The molecule has 9 nitrogen and oxygen atoms in total. The standard InChI is InChI=1S/C28H29F6N5O4/c1-37-15-35-14-20(37)26(43,16-7-11-39(12-8-16)25(41)42)17-5-6-19-18(13-17)22(27(29,30)31)21(23(36-19)28(32,33)34)24(40)38-9-3-2-4-10-38/h5-6,13-16,43H,2-4,7-12H2,1H3,(H,41,42). The number of piperidine rings is 2. The number of hydrogen-bond acceptors (Lipinski definition) is 5. The first-order valence-corrected chi connectivity index (χ1v) is 13.7. The minimum Gasteiger partial charge on any atom is -0.465 e. The van der Waals surface area contributed by atoms with E-state index in [9.17, 15) is 46.1 Å². The molecule has 0 saturated carbocycles. The molecule has 1 unspecified atom stereocenters. The Kier molecular flexibility index (Phi) is 7.82. The van der Waals surface area contributed by atoms with Crippen LogP contribution in [0.1, 0.15) is 65.0 Å². The molecule has 3 aromatic rings. The molecule has 0 bridgehead atoms. The van der Waals surface area contributed by atoms with Gasteiger partial charge in [-0.3, -0.25) is 4.79 Å². The zero-order valence-corrected chi connectivity index (χ0v) is 23.0. The summed E-state index contributed by atoms with van der Waals surface area (Å²) in [5, 5.41) is 20.9. The van der Waals surface area contributed by atoms with Gasteiger partial charge in [0, 0.05) is 44.5 Å². The van der Waals surface area contributed by atoms with E-state index in [-0.39, 0.29) is 50.3 Å². The van der Waals surface area contributed by atoms with Crippen molar-refractivity contribution in [1.29, 1.82) is 0 Å². The van der Waals surface area contributed by atoms with Crippen molar-refractivity contribution in [2.75, 3.05) is 26.2 Å². The summed E-state index contributed by atoms with van der Waals surface area (Å²) in [6, 6.07) is 3.12. The highest BCUT2D eigenvalue weighted by Crippen LogP contribution is 2.46. The summed E-state index contributed by atoms with van der Waals surface area (Å²) >= 11 is 0. The normalized spacial score (nSPS) is 18.6. The van der Waals surface area contributed by atoms with E-state index >= 15 is 0 Å². The number of alkyl halides is 6. The maximum absolute atomic E-state index is 14.8. The van der Waals surface area contributed by atoms with Crippen molar-refractivity contribution in [3.8, 4) is 0 Å². The highest BCUT2D eigenvalue weighted by Gasteiger charge is 2.48. The second-order valence-electron chi connectivity index (χ2n) is 11.0. The highest BCUT2D eigenvalue weighted by atomic mass is 19.4. The molecule has 2 saturated heterocycles. The number of imidazole rings is 1. The van der Waals surface area contributed by atoms with E-state index in [4.69, 9.17) is 0 Å². The van der Waals surface area contributed by atoms with E-state index in [0.29, 0.717) is 19.3 Å². The van der Waals surface area contributed by atoms with Gasteiger partial charge in [-0.1, -0.05) is 6.07 Å². The van der Waals surface area contributed by atoms with Crippen molar-refractivity contribution < 1.29 is 46.1 Å². The molecule has 0 spiro atoms. The van der Waals surface area contributed by atoms with Crippen LogP contribution >= 0.6 is 0 Å². The molecular weight excluding hydrogens is 584 g/mol. The third kappa shape index (κ3) is 5.50. The Bertz CT molecular complexity index is 1540. The lowest BCUT2D eigenvalue weighted by molar-refractivity contribution is -0.145. The second kappa shape index (κ2) is 11.0. The van der Waals surface area contributed by atoms with E-state index in [1.807, 2.05) is 0 Å². The molecule has 2 aliphatic rings. The van der Waals surface area contributed by atoms with Crippen LogP contribution in [0.3, 0.4) is 0 Å². The fourth-order valence-corrected chi connectivity index (χ4v) is 6.27. The van der Waals surface area contributed by atoms with Crippen LogP contribution in [-0.4, -0.2) is 72.7 Å². The topological polar surface area (TPSA) is 112 Å². The van der Waals surface area contributed by atoms with Gasteiger partial charge in [0.15, 0.2) is 5.69 Å². The van der Waals surface area contributed by atoms with Crippen LogP contribution < -0.4 is 0 Å². The Balaban J connectivity index is 1.76. The van der Waals surface area contributed by atoms with Crippen molar-refractivity contribution in [2.24, 2.45) is 13.0 Å². The molecule has 232 valence electrons. The molecule has 2 amide bonds. The Morgan fingerprint density at radius 1 is 0.930 bits per heavy atom. The van der Waals surface area contributed by atoms with Gasteiger partial charge in [-0.05, 0) is 49.8 Å². The van der Waals surface area contributed by atoms with Gasteiger partial charge in [-0.25, -0.2) is 14.8 Å². The van der Waals surface area contributed by atoms with Crippen LogP contribution in [-0.2, 0) is 25.0 Å². The number of pyridine rings is 1. The number of aromatic nitrogens is 3. The third-order valence-corrected chi connectivity index (χ3v) is 8.40. The summed E-state index contributed by atoms with van der Waals surface area (Å²) in [7, 11) is 1.56. The average Bonchev–Trinajstić information content (AvgIpc) is 3.40. The number of hydrogen-bond donors (Lipinski definition) is 2. The van der Waals surface area contributed by atoms with Gasteiger partial charge in [0.2, 0.25) is 0 Å². The summed E-state index contributed by atoms with van der Waals surface area (Å²) in [5.74, 6) is -2.09. The smallest absolute Gasteiger partial charge is 0.434 e. The van der Waals surface area contributed by atoms with Gasteiger partial charge in [-0.15, -0.1) is 0 Å². The predicted octanol–water partition coefficient (Wildman–Crippen LogP) is 5.26. The lowest BCUT2D eigenvalue weighted by Crippen LogP contribution is -2.46. The number of fused-ring (bicyclic) bond motifs is 1. The number of carbonyl (C=O) groups is 2. The van der Waals surface area contributed by atoms with Crippen LogP contribution in [0.2, 0.25) is 0 Å². The Labute approximate surface area is 241 Å². The molecule has 4 heterocycles. The van der Waals surface area contributed by atoms with E-state index in [1.54, 1.807) is 7.05 Å². The van der Waals surface area contributed by atoms with Crippen LogP contribution in [0.4, 0.5) is 31.1 Å². The number of nitrogens with zero attached hydrogens (tertiary/aromatic N) is 5. The molecule has 5 rings (SSSR count). The first-order chi connectivity index (χ1) is 20.1. The van der Waals surface area contributed by atoms with Crippen LogP contribution in [0.5, 0.6) is 0 Å². The monoisotopic (exact) mass is 613 g/mol. The van der Waals surface area contributed by atoms with Crippen molar-refractivity contribution in [1.82, 2.24) is 24.3 Å². The summed E-state index contributed by atoms with van der Waals surface area (Å²) in [5.41, 5.74) is -7.79.